The van der Waals surface area contributed by atoms with Crippen LogP contribution in [-0.4, -0.2) is 29.7 Å². The molecule has 1 aromatic carbocycles. The fourth-order valence-corrected chi connectivity index (χ4v) is 3.97. The summed E-state index contributed by atoms with van der Waals surface area (Å²) in [5.74, 6) is 1.32. The molecule has 0 bridgehead atoms. The normalized spacial score (nSPS) is 11.1. The fraction of sp³-hybridized carbons (Fsp3) is 0.167. The Kier molecular flexibility index (Phi) is 5.77. The molecule has 170 valence electrons. The average molecular weight is 474 g/mol. The van der Waals surface area contributed by atoms with Gasteiger partial charge >= 0.3 is 0 Å². The van der Waals surface area contributed by atoms with Gasteiger partial charge in [0, 0.05) is 53.0 Å². The molecular formula is C24H20ClN7O2. The second kappa shape index (κ2) is 9.03. The number of nitrogens with one attached hydrogen (secondary N) is 1. The van der Waals surface area contributed by atoms with Crippen LogP contribution in [0.25, 0.3) is 33.5 Å². The number of anilines is 1. The van der Waals surface area contributed by atoms with Crippen molar-refractivity contribution in [1.29, 1.82) is 0 Å². The van der Waals surface area contributed by atoms with E-state index in [1.807, 2.05) is 31.2 Å². The molecule has 0 amide bonds. The second-order valence-electron chi connectivity index (χ2n) is 7.59. The lowest BCUT2D eigenvalue weighted by molar-refractivity contribution is 0.394. The number of hydrogen-bond acceptors (Lipinski definition) is 8. The lowest BCUT2D eigenvalue weighted by Gasteiger charge is -2.13. The lowest BCUT2D eigenvalue weighted by atomic mass is 10.0. The molecule has 0 fully saturated rings. The highest BCUT2D eigenvalue weighted by molar-refractivity contribution is 6.33. The molecule has 0 atom stereocenters. The van der Waals surface area contributed by atoms with E-state index in [1.54, 1.807) is 42.1 Å². The fourth-order valence-electron chi connectivity index (χ4n) is 3.69. The van der Waals surface area contributed by atoms with E-state index in [2.05, 4.69) is 30.4 Å². The Labute approximate surface area is 199 Å². The smallest absolute Gasteiger partial charge is 0.260 e. The van der Waals surface area contributed by atoms with Crippen molar-refractivity contribution in [1.82, 2.24) is 29.7 Å². The topological polar surface area (TPSA) is 112 Å². The number of benzene rings is 1. The van der Waals surface area contributed by atoms with Gasteiger partial charge in [-0.25, -0.2) is 4.98 Å². The third kappa shape index (κ3) is 4.13. The number of fused-ring (bicyclic) bond motifs is 1. The summed E-state index contributed by atoms with van der Waals surface area (Å²) in [4.78, 5) is 30.9. The van der Waals surface area contributed by atoms with Gasteiger partial charge in [0.2, 0.25) is 17.7 Å². The maximum atomic E-state index is 13.4. The minimum absolute atomic E-state index is 0.186. The van der Waals surface area contributed by atoms with Crippen LogP contribution in [0.3, 0.4) is 0 Å². The number of aromatic nitrogens is 6. The first-order chi connectivity index (χ1) is 16.5. The third-order valence-electron chi connectivity index (χ3n) is 5.34. The largest absolute Gasteiger partial charge is 0.349 e. The van der Waals surface area contributed by atoms with Crippen LogP contribution in [0.15, 0.2) is 64.2 Å². The molecule has 1 N–H and O–H groups in total. The van der Waals surface area contributed by atoms with Crippen LogP contribution in [0.2, 0.25) is 5.02 Å². The van der Waals surface area contributed by atoms with E-state index in [4.69, 9.17) is 16.1 Å². The van der Waals surface area contributed by atoms with E-state index in [-0.39, 0.29) is 5.56 Å². The predicted molar refractivity (Wildman–Crippen MR) is 130 cm³/mol. The first-order valence-corrected chi connectivity index (χ1v) is 11.1. The van der Waals surface area contributed by atoms with Gasteiger partial charge in [-0.05, 0) is 31.2 Å². The summed E-state index contributed by atoms with van der Waals surface area (Å²) in [6, 6.07) is 12.8. The molecule has 9 nitrogen and oxygen atoms in total. The van der Waals surface area contributed by atoms with Crippen LogP contribution in [0.1, 0.15) is 18.5 Å². The predicted octanol–water partition coefficient (Wildman–Crippen LogP) is 4.50. The van der Waals surface area contributed by atoms with E-state index < -0.39 is 0 Å². The number of rotatable bonds is 6. The van der Waals surface area contributed by atoms with Gasteiger partial charge in [0.1, 0.15) is 5.65 Å². The highest BCUT2D eigenvalue weighted by Crippen LogP contribution is 2.31. The van der Waals surface area contributed by atoms with Crippen molar-refractivity contribution in [3.8, 4) is 22.5 Å². The van der Waals surface area contributed by atoms with Crippen molar-refractivity contribution in [2.45, 2.75) is 26.9 Å². The highest BCUT2D eigenvalue weighted by atomic mass is 35.5. The molecule has 5 rings (SSSR count). The second-order valence-corrected chi connectivity index (χ2v) is 7.99. The van der Waals surface area contributed by atoms with E-state index in [1.165, 1.54) is 0 Å². The Morgan fingerprint density at radius 3 is 2.68 bits per heavy atom. The molecule has 0 aliphatic heterocycles. The first-order valence-electron chi connectivity index (χ1n) is 10.7. The van der Waals surface area contributed by atoms with E-state index in [0.29, 0.717) is 58.1 Å². The Bertz CT molecular complexity index is 1550. The summed E-state index contributed by atoms with van der Waals surface area (Å²) in [6.45, 7) is 4.54. The van der Waals surface area contributed by atoms with Crippen LogP contribution < -0.4 is 10.9 Å². The van der Waals surface area contributed by atoms with Crippen molar-refractivity contribution in [2.24, 2.45) is 0 Å². The zero-order valence-corrected chi connectivity index (χ0v) is 19.2. The molecule has 0 aliphatic carbocycles. The highest BCUT2D eigenvalue weighted by Gasteiger charge is 2.16. The first kappa shape index (κ1) is 21.7. The van der Waals surface area contributed by atoms with Gasteiger partial charge in [-0.3, -0.25) is 14.3 Å². The maximum Gasteiger partial charge on any atom is 0.260 e. The molecule has 34 heavy (non-hydrogen) atoms. The van der Waals surface area contributed by atoms with Crippen molar-refractivity contribution >= 4 is 28.6 Å². The van der Waals surface area contributed by atoms with Gasteiger partial charge in [0.15, 0.2) is 0 Å². The molecule has 0 aliphatic rings. The van der Waals surface area contributed by atoms with Crippen LogP contribution >= 0.6 is 11.6 Å². The molecule has 0 spiro atoms. The summed E-state index contributed by atoms with van der Waals surface area (Å²) >= 11 is 6.58. The van der Waals surface area contributed by atoms with Gasteiger partial charge in [-0.2, -0.15) is 9.97 Å². The number of halogens is 1. The molecule has 0 saturated carbocycles. The molecule has 0 saturated heterocycles. The molecular weight excluding hydrogens is 454 g/mol. The summed E-state index contributed by atoms with van der Waals surface area (Å²) in [5.41, 5.74) is 3.00. The van der Waals surface area contributed by atoms with Crippen molar-refractivity contribution in [3.05, 3.63) is 81.8 Å². The van der Waals surface area contributed by atoms with Gasteiger partial charge in [0.05, 0.1) is 12.2 Å². The van der Waals surface area contributed by atoms with E-state index in [9.17, 15) is 4.79 Å². The minimum atomic E-state index is -0.186. The summed E-state index contributed by atoms with van der Waals surface area (Å²) < 4.78 is 6.66. The van der Waals surface area contributed by atoms with E-state index >= 15 is 0 Å². The Hall–Kier alpha value is -4.11. The van der Waals surface area contributed by atoms with Crippen LogP contribution in [0.5, 0.6) is 0 Å². The molecule has 4 aromatic heterocycles. The molecule has 0 radical (unpaired) electrons. The Morgan fingerprint density at radius 2 is 1.97 bits per heavy atom. The summed E-state index contributed by atoms with van der Waals surface area (Å²) in [7, 11) is 0. The minimum Gasteiger partial charge on any atom is -0.349 e. The van der Waals surface area contributed by atoms with E-state index in [0.717, 1.165) is 11.1 Å². The van der Waals surface area contributed by atoms with Gasteiger partial charge in [-0.15, -0.1) is 0 Å². The van der Waals surface area contributed by atoms with Gasteiger partial charge in [0.25, 0.3) is 5.56 Å². The number of aryl methyl sites for hydroxylation is 2. The van der Waals surface area contributed by atoms with Gasteiger partial charge in [-0.1, -0.05) is 35.0 Å². The van der Waals surface area contributed by atoms with Crippen LogP contribution in [0.4, 0.5) is 5.95 Å². The van der Waals surface area contributed by atoms with Crippen molar-refractivity contribution < 1.29 is 4.52 Å². The zero-order valence-electron chi connectivity index (χ0n) is 18.5. The summed E-state index contributed by atoms with van der Waals surface area (Å²) in [5, 5.41) is 8.22. The average Bonchev–Trinajstić information content (AvgIpc) is 3.29. The number of pyridine rings is 2. The SMILES string of the molecule is CCn1c(=O)c(-c2ccc(-c3noc(C)n3)cc2Cl)cc2cnc(NCc3ccccn3)nc21. The van der Waals surface area contributed by atoms with Gasteiger partial charge < -0.3 is 9.84 Å². The standard InChI is InChI=1S/C24H20ClN7O2/c1-3-32-22-16(12-27-24(30-22)28-13-17-6-4-5-9-26-17)10-19(23(32)33)18-8-7-15(11-20(18)25)21-29-14(2)34-31-21/h4-12H,3,13H2,1-2H3,(H,27,28,30). The van der Waals surface area contributed by atoms with Crippen LogP contribution in [0, 0.1) is 6.92 Å². The number of hydrogen-bond donors (Lipinski definition) is 1. The summed E-state index contributed by atoms with van der Waals surface area (Å²) in [6.07, 6.45) is 3.43. The molecule has 0 unspecified atom stereocenters. The number of nitrogens with zero attached hydrogens (tertiary/aromatic N) is 6. The molecule has 5 aromatic rings. The third-order valence-corrected chi connectivity index (χ3v) is 5.65. The van der Waals surface area contributed by atoms with Crippen molar-refractivity contribution in [3.63, 3.8) is 0 Å². The monoisotopic (exact) mass is 473 g/mol. The Balaban J connectivity index is 1.52. The van der Waals surface area contributed by atoms with Crippen LogP contribution in [-0.2, 0) is 13.1 Å². The maximum absolute atomic E-state index is 13.4. The molecule has 10 heteroatoms. The zero-order chi connectivity index (χ0) is 23.7. The Morgan fingerprint density at radius 1 is 1.09 bits per heavy atom. The lowest BCUT2D eigenvalue weighted by Crippen LogP contribution is -2.22. The van der Waals surface area contributed by atoms with Crippen molar-refractivity contribution in [2.75, 3.05) is 5.32 Å². The molecule has 4 heterocycles. The quantitative estimate of drug-likeness (QED) is 0.383.